The van der Waals surface area contributed by atoms with E-state index in [2.05, 4.69) is 10.6 Å². The maximum atomic E-state index is 13.9. The molecule has 0 fully saturated rings. The van der Waals surface area contributed by atoms with Crippen LogP contribution >= 0.6 is 0 Å². The third-order valence-electron chi connectivity index (χ3n) is 5.94. The predicted molar refractivity (Wildman–Crippen MR) is 147 cm³/mol. The Labute approximate surface area is 219 Å². The number of alkyl carbamates (subject to hydrolysis) is 1. The van der Waals surface area contributed by atoms with Crippen LogP contribution in [0.3, 0.4) is 0 Å². The number of hydrogen-bond acceptors (Lipinski definition) is 4. The van der Waals surface area contributed by atoms with Crippen LogP contribution in [0.15, 0.2) is 66.7 Å². The molecule has 2 unspecified atom stereocenters. The van der Waals surface area contributed by atoms with Gasteiger partial charge in [0.05, 0.1) is 0 Å². The van der Waals surface area contributed by atoms with Crippen LogP contribution in [0, 0.1) is 6.92 Å². The smallest absolute Gasteiger partial charge is 0.408 e. The van der Waals surface area contributed by atoms with Crippen molar-refractivity contribution in [2.75, 3.05) is 5.32 Å². The van der Waals surface area contributed by atoms with Gasteiger partial charge in [0.2, 0.25) is 5.91 Å². The molecule has 0 aliphatic carbocycles. The van der Waals surface area contributed by atoms with Crippen LogP contribution in [-0.4, -0.2) is 40.5 Å². The number of carbonyl (C=O) groups is 3. The Morgan fingerprint density at radius 3 is 2.11 bits per heavy atom. The first-order chi connectivity index (χ1) is 17.4. The van der Waals surface area contributed by atoms with Gasteiger partial charge in [0.1, 0.15) is 17.7 Å². The minimum atomic E-state index is -0.914. The van der Waals surface area contributed by atoms with Crippen molar-refractivity contribution in [3.05, 3.63) is 77.9 Å². The van der Waals surface area contributed by atoms with Gasteiger partial charge in [-0.05, 0) is 82.5 Å². The summed E-state index contributed by atoms with van der Waals surface area (Å²) >= 11 is 0. The fraction of sp³-hybridized carbons (Fsp3) is 0.367. The van der Waals surface area contributed by atoms with Crippen molar-refractivity contribution in [1.29, 1.82) is 0 Å². The van der Waals surface area contributed by atoms with Crippen LogP contribution < -0.4 is 10.6 Å². The molecule has 0 aromatic heterocycles. The number of rotatable bonds is 7. The molecule has 0 spiro atoms. The van der Waals surface area contributed by atoms with Crippen molar-refractivity contribution in [3.63, 3.8) is 0 Å². The molecule has 2 atom stereocenters. The second kappa shape index (κ2) is 11.5. The van der Waals surface area contributed by atoms with Crippen LogP contribution in [0.2, 0.25) is 0 Å². The number of hydrogen-bond donors (Lipinski definition) is 2. The molecule has 3 amide bonds. The van der Waals surface area contributed by atoms with Crippen molar-refractivity contribution < 1.29 is 19.1 Å². The van der Waals surface area contributed by atoms with E-state index < -0.39 is 23.8 Å². The minimum Gasteiger partial charge on any atom is -0.444 e. The normalized spacial score (nSPS) is 13.1. The highest BCUT2D eigenvalue weighted by Gasteiger charge is 2.37. The lowest BCUT2D eigenvalue weighted by Crippen LogP contribution is -2.53. The van der Waals surface area contributed by atoms with Gasteiger partial charge in [-0.25, -0.2) is 4.79 Å². The molecule has 3 aromatic rings. The van der Waals surface area contributed by atoms with Crippen LogP contribution in [0.25, 0.3) is 10.8 Å². The summed E-state index contributed by atoms with van der Waals surface area (Å²) in [5, 5.41) is 7.70. The Kier molecular flexibility index (Phi) is 8.58. The molecule has 0 heterocycles. The van der Waals surface area contributed by atoms with Gasteiger partial charge in [0.15, 0.2) is 0 Å². The van der Waals surface area contributed by atoms with Gasteiger partial charge >= 0.3 is 6.09 Å². The lowest BCUT2D eigenvalue weighted by molar-refractivity contribution is -0.142. The molecule has 3 rings (SSSR count). The molecule has 7 heteroatoms. The average molecular weight is 504 g/mol. The van der Waals surface area contributed by atoms with Gasteiger partial charge < -0.3 is 20.3 Å². The Morgan fingerprint density at radius 2 is 1.49 bits per heavy atom. The Morgan fingerprint density at radius 1 is 0.865 bits per heavy atom. The maximum Gasteiger partial charge on any atom is 0.408 e. The first kappa shape index (κ1) is 27.7. The molecule has 7 nitrogen and oxygen atoms in total. The number of nitrogens with one attached hydrogen (secondary N) is 2. The van der Waals surface area contributed by atoms with Crippen LogP contribution in [0.1, 0.15) is 58.7 Å². The van der Waals surface area contributed by atoms with E-state index in [0.717, 1.165) is 16.3 Å². The number of anilines is 1. The summed E-state index contributed by atoms with van der Waals surface area (Å²) < 4.78 is 5.32. The van der Waals surface area contributed by atoms with Crippen molar-refractivity contribution >= 4 is 34.4 Å². The lowest BCUT2D eigenvalue weighted by Gasteiger charge is -2.37. The molecule has 0 saturated heterocycles. The summed E-state index contributed by atoms with van der Waals surface area (Å²) in [7, 11) is 0. The van der Waals surface area contributed by atoms with E-state index in [0.29, 0.717) is 11.3 Å². The molecular formula is C30H37N3O4. The molecule has 0 aliphatic heterocycles. The quantitative estimate of drug-likeness (QED) is 0.415. The number of benzene rings is 3. The summed E-state index contributed by atoms with van der Waals surface area (Å²) in [6.07, 6.45) is -0.690. The third kappa shape index (κ3) is 7.09. The number of carbonyl (C=O) groups excluding carboxylic acids is 3. The summed E-state index contributed by atoms with van der Waals surface area (Å²) in [5.41, 5.74) is 1.53. The second-order valence-corrected chi connectivity index (χ2v) is 10.5. The third-order valence-corrected chi connectivity index (χ3v) is 5.94. The number of ether oxygens (including phenoxy) is 1. The maximum absolute atomic E-state index is 13.9. The minimum absolute atomic E-state index is 0.331. The van der Waals surface area contributed by atoms with Crippen LogP contribution in [-0.2, 0) is 14.3 Å². The van der Waals surface area contributed by atoms with E-state index in [-0.39, 0.29) is 17.9 Å². The van der Waals surface area contributed by atoms with E-state index in [9.17, 15) is 14.4 Å². The lowest BCUT2D eigenvalue weighted by atomic mass is 9.97. The van der Waals surface area contributed by atoms with Gasteiger partial charge in [-0.1, -0.05) is 54.6 Å². The van der Waals surface area contributed by atoms with Gasteiger partial charge in [-0.2, -0.15) is 0 Å². The SMILES string of the molecule is Cc1ccccc1C(C(=O)Nc1ccc2ccccc2c1)N(C(=O)C(C)NC(=O)OC(C)(C)C)C(C)C. The van der Waals surface area contributed by atoms with E-state index in [1.807, 2.05) is 87.5 Å². The standard InChI is InChI=1S/C30H37N3O4/c1-19(2)33(28(35)21(4)31-29(36)37-30(5,6)7)26(25-15-11-8-12-20(25)3)27(34)32-24-17-16-22-13-9-10-14-23(22)18-24/h8-19,21,26H,1-7H3,(H,31,36)(H,32,34). The van der Waals surface area contributed by atoms with Gasteiger partial charge in [0.25, 0.3) is 5.91 Å². The Balaban J connectivity index is 1.95. The molecule has 3 aromatic carbocycles. The summed E-state index contributed by atoms with van der Waals surface area (Å²) in [4.78, 5) is 41.5. The fourth-order valence-electron chi connectivity index (χ4n) is 4.24. The summed E-state index contributed by atoms with van der Waals surface area (Å²) in [6, 6.07) is 19.0. The first-order valence-corrected chi connectivity index (χ1v) is 12.5. The Hall–Kier alpha value is -3.87. The van der Waals surface area contributed by atoms with Crippen molar-refractivity contribution in [2.45, 2.75) is 72.2 Å². The first-order valence-electron chi connectivity index (χ1n) is 12.5. The van der Waals surface area contributed by atoms with E-state index in [1.54, 1.807) is 27.7 Å². The summed E-state index contributed by atoms with van der Waals surface area (Å²) in [6.45, 7) is 12.5. The zero-order valence-electron chi connectivity index (χ0n) is 22.7. The molecule has 0 radical (unpaired) electrons. The molecule has 0 aliphatic rings. The number of fused-ring (bicyclic) bond motifs is 1. The Bertz CT molecular complexity index is 1280. The van der Waals surface area contributed by atoms with Gasteiger partial charge in [-0.15, -0.1) is 0 Å². The molecule has 0 bridgehead atoms. The molecule has 196 valence electrons. The fourth-order valence-corrected chi connectivity index (χ4v) is 4.24. The molecule has 0 saturated carbocycles. The highest BCUT2D eigenvalue weighted by Crippen LogP contribution is 2.29. The number of amides is 3. The van der Waals surface area contributed by atoms with Gasteiger partial charge in [-0.3, -0.25) is 9.59 Å². The van der Waals surface area contributed by atoms with Crippen molar-refractivity contribution in [3.8, 4) is 0 Å². The predicted octanol–water partition coefficient (Wildman–Crippen LogP) is 5.98. The number of nitrogens with zero attached hydrogens (tertiary/aromatic N) is 1. The van der Waals surface area contributed by atoms with Gasteiger partial charge in [0, 0.05) is 11.7 Å². The topological polar surface area (TPSA) is 87.7 Å². The second-order valence-electron chi connectivity index (χ2n) is 10.5. The van der Waals surface area contributed by atoms with Crippen LogP contribution in [0.5, 0.6) is 0 Å². The highest BCUT2D eigenvalue weighted by atomic mass is 16.6. The summed E-state index contributed by atoms with van der Waals surface area (Å²) in [5.74, 6) is -0.723. The zero-order valence-corrected chi connectivity index (χ0v) is 22.7. The molecule has 2 N–H and O–H groups in total. The van der Waals surface area contributed by atoms with Crippen molar-refractivity contribution in [1.82, 2.24) is 10.2 Å². The number of aryl methyl sites for hydroxylation is 1. The van der Waals surface area contributed by atoms with E-state index >= 15 is 0 Å². The van der Waals surface area contributed by atoms with E-state index in [1.165, 1.54) is 4.90 Å². The molecular weight excluding hydrogens is 466 g/mol. The van der Waals surface area contributed by atoms with Crippen molar-refractivity contribution in [2.24, 2.45) is 0 Å². The monoisotopic (exact) mass is 503 g/mol. The van der Waals surface area contributed by atoms with Crippen LogP contribution in [0.4, 0.5) is 10.5 Å². The average Bonchev–Trinajstić information content (AvgIpc) is 2.81. The largest absolute Gasteiger partial charge is 0.444 e. The molecule has 37 heavy (non-hydrogen) atoms. The highest BCUT2D eigenvalue weighted by molar-refractivity contribution is 6.00. The van der Waals surface area contributed by atoms with E-state index in [4.69, 9.17) is 4.74 Å². The zero-order chi connectivity index (χ0) is 27.3.